The third-order valence-electron chi connectivity index (χ3n) is 8.95. The van der Waals surface area contributed by atoms with Crippen LogP contribution in [0.4, 0.5) is 11.4 Å². The molecule has 4 aromatic rings. The normalized spacial score (nSPS) is 12.8. The molecule has 0 radical (unpaired) electrons. The third-order valence-corrected chi connectivity index (χ3v) is 8.95. The molecular formula is C40H54N18O2. The van der Waals surface area contributed by atoms with E-state index in [9.17, 15) is 9.90 Å². The second-order valence-electron chi connectivity index (χ2n) is 13.8. The van der Waals surface area contributed by atoms with E-state index in [2.05, 4.69) is 46.7 Å². The van der Waals surface area contributed by atoms with Gasteiger partial charge in [-0.15, -0.1) is 15.3 Å². The average molecular weight is 819 g/mol. The number of nitrogens with zero attached hydrogens (tertiary/aromatic N) is 7. The molecule has 4 aromatic carbocycles. The summed E-state index contributed by atoms with van der Waals surface area (Å²) in [5.74, 6) is -0.766. The smallest absolute Gasteiger partial charge is 0.255 e. The van der Waals surface area contributed by atoms with E-state index in [0.29, 0.717) is 62.7 Å². The lowest BCUT2D eigenvalue weighted by Crippen LogP contribution is -2.42. The second-order valence-corrected chi connectivity index (χ2v) is 13.8. The van der Waals surface area contributed by atoms with Crippen molar-refractivity contribution < 1.29 is 9.90 Å². The van der Waals surface area contributed by atoms with Crippen LogP contribution >= 0.6 is 0 Å². The number of aliphatic hydroxyl groups is 1. The summed E-state index contributed by atoms with van der Waals surface area (Å²) in [6.45, 7) is 7.19. The number of benzene rings is 4. The van der Waals surface area contributed by atoms with E-state index in [1.807, 2.05) is 67.6 Å². The number of hydrogen-bond acceptors (Lipinski definition) is 13. The minimum Gasteiger partial charge on any atom is -0.369 e. The van der Waals surface area contributed by atoms with Crippen molar-refractivity contribution in [3.05, 3.63) is 129 Å². The summed E-state index contributed by atoms with van der Waals surface area (Å²) in [4.78, 5) is 13.5. The summed E-state index contributed by atoms with van der Waals surface area (Å²) >= 11 is 0. The molecule has 20 nitrogen and oxygen atoms in total. The zero-order valence-corrected chi connectivity index (χ0v) is 34.1. The Bertz CT molecular complexity index is 2300. The lowest BCUT2D eigenvalue weighted by atomic mass is 10.0. The first-order valence-electron chi connectivity index (χ1n) is 18.5. The van der Waals surface area contributed by atoms with Gasteiger partial charge in [-0.2, -0.15) is 15.3 Å². The van der Waals surface area contributed by atoms with Crippen LogP contribution in [0.5, 0.6) is 0 Å². The maximum Gasteiger partial charge on any atom is 0.255 e. The first kappa shape index (κ1) is 45.2. The first-order valence-corrected chi connectivity index (χ1v) is 18.5. The summed E-state index contributed by atoms with van der Waals surface area (Å²) in [5.41, 5.74) is 55.5. The van der Waals surface area contributed by atoms with Crippen molar-refractivity contribution in [2.24, 2.45) is 76.5 Å². The number of rotatable bonds is 17. The number of nitrogens with one attached hydrogen (secondary N) is 3. The Balaban J connectivity index is 1.48. The zero-order valence-electron chi connectivity index (χ0n) is 34.1. The highest BCUT2D eigenvalue weighted by Gasteiger charge is 2.16. The number of anilines is 2. The van der Waals surface area contributed by atoms with Crippen molar-refractivity contribution in [3.63, 3.8) is 0 Å². The van der Waals surface area contributed by atoms with Gasteiger partial charge in [-0.1, -0.05) is 36.4 Å². The quantitative estimate of drug-likeness (QED) is 0.0310. The highest BCUT2D eigenvalue weighted by molar-refractivity contribution is 6.06. The second kappa shape index (κ2) is 20.7. The van der Waals surface area contributed by atoms with Gasteiger partial charge in [-0.05, 0) is 105 Å². The maximum atomic E-state index is 13.5. The van der Waals surface area contributed by atoms with Gasteiger partial charge in [0.2, 0.25) is 17.9 Å². The van der Waals surface area contributed by atoms with Gasteiger partial charge in [0.25, 0.3) is 5.91 Å². The van der Waals surface area contributed by atoms with Gasteiger partial charge in [0, 0.05) is 40.7 Å². The zero-order chi connectivity index (χ0) is 44.1. The number of carbonyl (C=O) groups excluding carboxylic acids is 1. The SMILES string of the molecule is C/C(=N/N=C(N)N)c1cc(NC(O)c2ccc(Cc3ccc(C(=O)Nc4cc(/C(C)=N\N=C(N)N)cc(C(C)N(C)N=C(N)N)c4)cc3)cc2)cc(/C(C)=N\NC(N)N)c1. The highest BCUT2D eigenvalue weighted by Crippen LogP contribution is 2.26. The molecule has 2 unspecified atom stereocenters. The predicted molar refractivity (Wildman–Crippen MR) is 241 cm³/mol. The number of aliphatic hydroxyl groups excluding tert-OH is 1. The van der Waals surface area contributed by atoms with Gasteiger partial charge < -0.3 is 50.1 Å². The molecule has 0 bridgehead atoms. The number of carbonyl (C=O) groups is 1. The van der Waals surface area contributed by atoms with Crippen LogP contribution in [0.3, 0.4) is 0 Å². The van der Waals surface area contributed by atoms with Gasteiger partial charge >= 0.3 is 0 Å². The Morgan fingerprint density at radius 2 is 1.17 bits per heavy atom. The van der Waals surface area contributed by atoms with E-state index in [-0.39, 0.29) is 29.8 Å². The fraction of sp³-hybridized carbons (Fsp3) is 0.225. The lowest BCUT2D eigenvalue weighted by Gasteiger charge is -2.23. The summed E-state index contributed by atoms with van der Waals surface area (Å²) in [5, 5.41) is 43.0. The molecular weight excluding hydrogens is 765 g/mol. The van der Waals surface area contributed by atoms with Crippen LogP contribution in [-0.2, 0) is 6.42 Å². The molecule has 0 saturated heterocycles. The summed E-state index contributed by atoms with van der Waals surface area (Å²) in [6, 6.07) is 25.5. The van der Waals surface area contributed by atoms with Crippen LogP contribution in [0, 0.1) is 0 Å². The number of nitrogens with two attached hydrogens (primary N) is 8. The Labute approximate surface area is 348 Å². The van der Waals surface area contributed by atoms with Gasteiger partial charge in [-0.3, -0.25) is 26.7 Å². The van der Waals surface area contributed by atoms with Gasteiger partial charge in [0.15, 0.2) is 6.23 Å². The van der Waals surface area contributed by atoms with Crippen LogP contribution in [-0.4, -0.2) is 64.4 Å². The molecule has 2 atom stereocenters. The van der Waals surface area contributed by atoms with Crippen LogP contribution in [0.2, 0.25) is 0 Å². The van der Waals surface area contributed by atoms with Gasteiger partial charge in [0.05, 0.1) is 23.2 Å². The molecule has 0 fully saturated rings. The molecule has 0 aliphatic heterocycles. The molecule has 0 aliphatic rings. The van der Waals surface area contributed by atoms with Crippen LogP contribution < -0.4 is 61.9 Å². The average Bonchev–Trinajstić information content (AvgIpc) is 3.20. The maximum absolute atomic E-state index is 13.5. The molecule has 60 heavy (non-hydrogen) atoms. The fourth-order valence-corrected chi connectivity index (χ4v) is 5.68. The van der Waals surface area contributed by atoms with Crippen molar-refractivity contribution in [3.8, 4) is 0 Å². The molecule has 0 spiro atoms. The van der Waals surface area contributed by atoms with E-state index in [1.165, 1.54) is 0 Å². The molecule has 0 aromatic heterocycles. The van der Waals surface area contributed by atoms with E-state index in [1.54, 1.807) is 57.1 Å². The fourth-order valence-electron chi connectivity index (χ4n) is 5.68. The van der Waals surface area contributed by atoms with Crippen molar-refractivity contribution in [1.82, 2.24) is 10.4 Å². The molecule has 0 saturated carbocycles. The van der Waals surface area contributed by atoms with Crippen molar-refractivity contribution in [2.75, 3.05) is 17.7 Å². The summed E-state index contributed by atoms with van der Waals surface area (Å²) in [6.07, 6.45) is -1.31. The Hall–Kier alpha value is -7.55. The van der Waals surface area contributed by atoms with Crippen molar-refractivity contribution in [2.45, 2.75) is 52.7 Å². The first-order chi connectivity index (χ1) is 28.4. The molecule has 4 rings (SSSR count). The van der Waals surface area contributed by atoms with E-state index >= 15 is 0 Å². The number of amides is 1. The van der Waals surface area contributed by atoms with Crippen LogP contribution in [0.15, 0.2) is 116 Å². The van der Waals surface area contributed by atoms with Crippen molar-refractivity contribution in [1.29, 1.82) is 0 Å². The molecule has 1 amide bonds. The topological polar surface area (TPSA) is 359 Å². The molecule has 20 heteroatoms. The van der Waals surface area contributed by atoms with Gasteiger partial charge in [-0.25, -0.2) is 0 Å². The van der Waals surface area contributed by atoms with Gasteiger partial charge in [0.1, 0.15) is 6.29 Å². The largest absolute Gasteiger partial charge is 0.369 e. The number of guanidine groups is 3. The lowest BCUT2D eigenvalue weighted by molar-refractivity contribution is 0.102. The summed E-state index contributed by atoms with van der Waals surface area (Å²) in [7, 11) is 1.74. The summed E-state index contributed by atoms with van der Waals surface area (Å²) < 4.78 is 0. The van der Waals surface area contributed by atoms with Crippen molar-refractivity contribution >= 4 is 52.3 Å². The number of hydrogen-bond donors (Lipinski definition) is 12. The standard InChI is InChI=1S/C40H54N18O2/c1-21(51-54-37(41)42)29-15-30(22(2)52-55-38(43)44)18-33(17-29)49-35(59)27-10-6-25(7-11-27)14-26-8-12-28(13-9-26)36(60)50-34-19-31(23(3)53-56-39(45)46)16-32(20-34)24(4)58(5)57-40(47)48/h6-13,15-20,24,35,37,49,54,59H,14,41-42H2,1-5H3,(H,50,60)(H4,43,44,55)(H4,45,46,56)(H4,47,48,57)/b51-21-,52-22-,53-23-. The van der Waals surface area contributed by atoms with Crippen LogP contribution in [0.25, 0.3) is 0 Å². The highest BCUT2D eigenvalue weighted by atomic mass is 16.3. The van der Waals surface area contributed by atoms with E-state index in [0.717, 1.165) is 16.7 Å². The van der Waals surface area contributed by atoms with Crippen LogP contribution in [0.1, 0.15) is 89.3 Å². The molecule has 20 N–H and O–H groups in total. The monoisotopic (exact) mass is 818 g/mol. The Morgan fingerprint density at radius 1 is 0.650 bits per heavy atom. The Morgan fingerprint density at radius 3 is 1.70 bits per heavy atom. The predicted octanol–water partition coefficient (Wildman–Crippen LogP) is 1.32. The molecule has 0 aliphatic carbocycles. The van der Waals surface area contributed by atoms with E-state index < -0.39 is 12.5 Å². The van der Waals surface area contributed by atoms with E-state index in [4.69, 9.17) is 45.9 Å². The minimum absolute atomic E-state index is 0.0882. The number of hydrazone groups is 2. The third kappa shape index (κ3) is 13.5. The Kier molecular flexibility index (Phi) is 15.6. The molecule has 0 heterocycles. The molecule has 316 valence electrons. The minimum atomic E-state index is -1.06.